The molecular formula is C12H21N3O3S. The van der Waals surface area contributed by atoms with E-state index in [4.69, 9.17) is 10.5 Å². The lowest BCUT2D eigenvalue weighted by molar-refractivity contribution is 0.128. The number of anilines is 1. The lowest BCUT2D eigenvalue weighted by atomic mass is 10.1. The molecule has 0 unspecified atom stereocenters. The first-order valence-corrected chi connectivity index (χ1v) is 7.69. The van der Waals surface area contributed by atoms with Gasteiger partial charge in [0, 0.05) is 19.3 Å². The Balaban J connectivity index is 2.38. The van der Waals surface area contributed by atoms with Gasteiger partial charge >= 0.3 is 0 Å². The molecule has 1 aromatic rings. The fourth-order valence-electron chi connectivity index (χ4n) is 1.38. The largest absolute Gasteiger partial charge is 0.383 e. The first-order chi connectivity index (χ1) is 8.93. The summed E-state index contributed by atoms with van der Waals surface area (Å²) in [6.07, 6.45) is 2.41. The van der Waals surface area contributed by atoms with Crippen LogP contribution in [0.5, 0.6) is 0 Å². The number of nitrogens with two attached hydrogens (primary N) is 1. The van der Waals surface area contributed by atoms with Crippen LogP contribution >= 0.6 is 0 Å². The highest BCUT2D eigenvalue weighted by Gasteiger charge is 2.16. The van der Waals surface area contributed by atoms with Gasteiger partial charge in [-0.1, -0.05) is 13.8 Å². The standard InChI is InChI=1S/C12H21N3O3S/c1-10(2)5-8-18-9-7-15-19(16,17)11-4-3-6-14-12(11)13/h3-4,6,10,15H,5,7-9H2,1-2H3,(H2,13,14). The zero-order valence-corrected chi connectivity index (χ0v) is 12.1. The molecule has 0 amide bonds. The predicted octanol–water partition coefficient (Wildman–Crippen LogP) is 1.00. The summed E-state index contributed by atoms with van der Waals surface area (Å²) in [6.45, 7) is 5.41. The normalized spacial score (nSPS) is 11.9. The number of aromatic nitrogens is 1. The van der Waals surface area contributed by atoms with E-state index in [2.05, 4.69) is 23.6 Å². The van der Waals surface area contributed by atoms with Gasteiger partial charge in [-0.05, 0) is 24.5 Å². The number of pyridine rings is 1. The molecule has 0 atom stereocenters. The second-order valence-electron chi connectivity index (χ2n) is 4.58. The lowest BCUT2D eigenvalue weighted by Crippen LogP contribution is -2.28. The molecule has 108 valence electrons. The summed E-state index contributed by atoms with van der Waals surface area (Å²) in [4.78, 5) is 3.75. The third kappa shape index (κ3) is 5.54. The van der Waals surface area contributed by atoms with Crippen molar-refractivity contribution in [2.24, 2.45) is 5.92 Å². The predicted molar refractivity (Wildman–Crippen MR) is 74.1 cm³/mol. The summed E-state index contributed by atoms with van der Waals surface area (Å²) in [6, 6.07) is 2.95. The van der Waals surface area contributed by atoms with E-state index in [0.29, 0.717) is 19.1 Å². The van der Waals surface area contributed by atoms with Crippen molar-refractivity contribution >= 4 is 15.8 Å². The van der Waals surface area contributed by atoms with Crippen LogP contribution in [-0.2, 0) is 14.8 Å². The van der Waals surface area contributed by atoms with Crippen LogP contribution in [0.2, 0.25) is 0 Å². The Morgan fingerprint density at radius 3 is 2.79 bits per heavy atom. The molecule has 1 heterocycles. The lowest BCUT2D eigenvalue weighted by Gasteiger charge is -2.09. The van der Waals surface area contributed by atoms with E-state index in [-0.39, 0.29) is 17.3 Å². The molecule has 3 N–H and O–H groups in total. The Labute approximate surface area is 114 Å². The maximum Gasteiger partial charge on any atom is 0.244 e. The molecule has 0 bridgehead atoms. The van der Waals surface area contributed by atoms with E-state index in [9.17, 15) is 8.42 Å². The fraction of sp³-hybridized carbons (Fsp3) is 0.583. The average molecular weight is 287 g/mol. The number of nitrogens with zero attached hydrogens (tertiary/aromatic N) is 1. The van der Waals surface area contributed by atoms with Crippen molar-refractivity contribution in [1.29, 1.82) is 0 Å². The summed E-state index contributed by atoms with van der Waals surface area (Å²) in [5.74, 6) is 0.572. The van der Waals surface area contributed by atoms with Crippen molar-refractivity contribution in [3.63, 3.8) is 0 Å². The van der Waals surface area contributed by atoms with Gasteiger partial charge in [-0.15, -0.1) is 0 Å². The van der Waals surface area contributed by atoms with E-state index in [0.717, 1.165) is 6.42 Å². The summed E-state index contributed by atoms with van der Waals surface area (Å²) in [5, 5.41) is 0. The van der Waals surface area contributed by atoms with E-state index < -0.39 is 10.0 Å². The zero-order chi connectivity index (χ0) is 14.3. The topological polar surface area (TPSA) is 94.3 Å². The van der Waals surface area contributed by atoms with Crippen LogP contribution < -0.4 is 10.5 Å². The summed E-state index contributed by atoms with van der Waals surface area (Å²) in [7, 11) is -3.61. The quantitative estimate of drug-likeness (QED) is 0.696. The number of nitrogens with one attached hydrogen (secondary N) is 1. The highest BCUT2D eigenvalue weighted by Crippen LogP contribution is 2.13. The van der Waals surface area contributed by atoms with Gasteiger partial charge < -0.3 is 10.5 Å². The second-order valence-corrected chi connectivity index (χ2v) is 6.31. The number of rotatable bonds is 8. The molecule has 0 aliphatic carbocycles. The van der Waals surface area contributed by atoms with E-state index in [1.807, 2.05) is 0 Å². The van der Waals surface area contributed by atoms with Gasteiger partial charge in [-0.3, -0.25) is 0 Å². The summed E-state index contributed by atoms with van der Waals surface area (Å²) in [5.41, 5.74) is 5.53. The first kappa shape index (κ1) is 15.9. The van der Waals surface area contributed by atoms with Crippen molar-refractivity contribution in [2.75, 3.05) is 25.5 Å². The molecule has 19 heavy (non-hydrogen) atoms. The Morgan fingerprint density at radius 1 is 1.42 bits per heavy atom. The Morgan fingerprint density at radius 2 is 2.16 bits per heavy atom. The molecule has 7 heteroatoms. The minimum Gasteiger partial charge on any atom is -0.383 e. The Kier molecular flexibility index (Phi) is 6.20. The number of hydrogen-bond acceptors (Lipinski definition) is 5. The van der Waals surface area contributed by atoms with Crippen LogP contribution in [0.4, 0.5) is 5.82 Å². The maximum atomic E-state index is 11.9. The van der Waals surface area contributed by atoms with Gasteiger partial charge in [-0.25, -0.2) is 18.1 Å². The second kappa shape index (κ2) is 7.42. The molecule has 1 aromatic heterocycles. The van der Waals surface area contributed by atoms with E-state index in [1.54, 1.807) is 0 Å². The minimum atomic E-state index is -3.61. The molecular weight excluding hydrogens is 266 g/mol. The van der Waals surface area contributed by atoms with E-state index >= 15 is 0 Å². The smallest absolute Gasteiger partial charge is 0.244 e. The van der Waals surface area contributed by atoms with Crippen molar-refractivity contribution < 1.29 is 13.2 Å². The zero-order valence-electron chi connectivity index (χ0n) is 11.3. The van der Waals surface area contributed by atoms with Crippen LogP contribution in [0.3, 0.4) is 0 Å². The fourth-order valence-corrected chi connectivity index (χ4v) is 2.47. The average Bonchev–Trinajstić information content (AvgIpc) is 2.33. The van der Waals surface area contributed by atoms with Gasteiger partial charge in [0.2, 0.25) is 10.0 Å². The van der Waals surface area contributed by atoms with Crippen LogP contribution in [0.1, 0.15) is 20.3 Å². The van der Waals surface area contributed by atoms with Gasteiger partial charge in [-0.2, -0.15) is 0 Å². The molecule has 0 radical (unpaired) electrons. The highest BCUT2D eigenvalue weighted by molar-refractivity contribution is 7.89. The molecule has 0 saturated carbocycles. The van der Waals surface area contributed by atoms with Crippen molar-refractivity contribution in [3.05, 3.63) is 18.3 Å². The molecule has 0 aliphatic heterocycles. The molecule has 6 nitrogen and oxygen atoms in total. The van der Waals surface area contributed by atoms with Gasteiger partial charge in [0.15, 0.2) is 0 Å². The molecule has 0 aliphatic rings. The van der Waals surface area contributed by atoms with Gasteiger partial charge in [0.25, 0.3) is 0 Å². The molecule has 0 saturated heterocycles. The van der Waals surface area contributed by atoms with Crippen LogP contribution in [0.15, 0.2) is 23.2 Å². The van der Waals surface area contributed by atoms with Crippen molar-refractivity contribution in [1.82, 2.24) is 9.71 Å². The number of ether oxygens (including phenoxy) is 1. The highest BCUT2D eigenvalue weighted by atomic mass is 32.2. The van der Waals surface area contributed by atoms with Crippen LogP contribution in [-0.4, -0.2) is 33.2 Å². The molecule has 0 fully saturated rings. The summed E-state index contributed by atoms with van der Waals surface area (Å²) >= 11 is 0. The first-order valence-electron chi connectivity index (χ1n) is 6.21. The monoisotopic (exact) mass is 287 g/mol. The van der Waals surface area contributed by atoms with Gasteiger partial charge in [0.05, 0.1) is 6.61 Å². The van der Waals surface area contributed by atoms with Crippen LogP contribution in [0.25, 0.3) is 0 Å². The Bertz CT molecular complexity index is 489. The van der Waals surface area contributed by atoms with Crippen LogP contribution in [0, 0.1) is 5.92 Å². The minimum absolute atomic E-state index is 0.00261. The molecule has 0 spiro atoms. The number of sulfonamides is 1. The summed E-state index contributed by atoms with van der Waals surface area (Å²) < 4.78 is 31.6. The third-order valence-corrected chi connectivity index (χ3v) is 3.98. The van der Waals surface area contributed by atoms with Gasteiger partial charge in [0.1, 0.15) is 10.7 Å². The van der Waals surface area contributed by atoms with E-state index in [1.165, 1.54) is 18.3 Å². The van der Waals surface area contributed by atoms with Crippen molar-refractivity contribution in [2.45, 2.75) is 25.2 Å². The SMILES string of the molecule is CC(C)CCOCCNS(=O)(=O)c1cccnc1N. The third-order valence-electron chi connectivity index (χ3n) is 2.47. The molecule has 1 rings (SSSR count). The van der Waals surface area contributed by atoms with Crippen molar-refractivity contribution in [3.8, 4) is 0 Å². The number of nitrogen functional groups attached to an aromatic ring is 1. The Hall–Kier alpha value is -1.18. The molecule has 0 aromatic carbocycles. The number of hydrogen-bond donors (Lipinski definition) is 2. The maximum absolute atomic E-state index is 11.9.